The third-order valence-electron chi connectivity index (χ3n) is 2.84. The fraction of sp³-hybridized carbons (Fsp3) is 0.571. The van der Waals surface area contributed by atoms with E-state index in [0.29, 0.717) is 0 Å². The number of amides is 2. The van der Waals surface area contributed by atoms with Crippen LogP contribution >= 0.6 is 11.3 Å². The Hall–Kier alpha value is -1.56. The Balaban J connectivity index is 2.63. The van der Waals surface area contributed by atoms with Crippen molar-refractivity contribution in [1.29, 1.82) is 0 Å². The number of rotatable bonds is 5. The van der Waals surface area contributed by atoms with Crippen molar-refractivity contribution >= 4 is 23.3 Å². The number of carboxylic acid groups (broad SMARTS) is 1. The first-order valence-electron chi connectivity index (χ1n) is 6.51. The normalized spacial score (nSPS) is 12.8. The molecule has 1 rings (SSSR count). The van der Waals surface area contributed by atoms with Gasteiger partial charge in [0.15, 0.2) is 0 Å². The lowest BCUT2D eigenvalue weighted by atomic mass is 10.1. The Morgan fingerprint density at radius 3 is 2.55 bits per heavy atom. The minimum absolute atomic E-state index is 0.0456. The lowest BCUT2D eigenvalue weighted by molar-refractivity contribution is -0.138. The summed E-state index contributed by atoms with van der Waals surface area (Å²) in [5.41, 5.74) is 0.633. The van der Waals surface area contributed by atoms with Gasteiger partial charge in [0.25, 0.3) is 0 Å². The zero-order valence-corrected chi connectivity index (χ0v) is 13.2. The number of thiophene rings is 1. The molecule has 2 amide bonds. The first-order chi connectivity index (χ1) is 9.20. The quantitative estimate of drug-likeness (QED) is 0.877. The number of hydrogen-bond acceptors (Lipinski definition) is 3. The zero-order valence-electron chi connectivity index (χ0n) is 12.3. The number of nitrogens with one attached hydrogen (secondary N) is 1. The van der Waals surface area contributed by atoms with Crippen molar-refractivity contribution in [2.24, 2.45) is 0 Å². The number of aliphatic carboxylic acids is 1. The summed E-state index contributed by atoms with van der Waals surface area (Å²) in [4.78, 5) is 24.4. The Morgan fingerprint density at radius 1 is 1.45 bits per heavy atom. The molecule has 0 radical (unpaired) electrons. The molecular formula is C14H22N2O3S. The number of carbonyl (C=O) groups is 2. The van der Waals surface area contributed by atoms with Crippen molar-refractivity contribution in [2.45, 2.75) is 45.7 Å². The molecule has 1 atom stereocenters. The Labute approximate surface area is 123 Å². The van der Waals surface area contributed by atoms with E-state index in [1.165, 1.54) is 10.5 Å². The van der Waals surface area contributed by atoms with E-state index < -0.39 is 11.5 Å². The molecule has 0 saturated carbocycles. The summed E-state index contributed by atoms with van der Waals surface area (Å²) in [7, 11) is 0. The van der Waals surface area contributed by atoms with Crippen molar-refractivity contribution < 1.29 is 14.7 Å². The van der Waals surface area contributed by atoms with E-state index in [-0.39, 0.29) is 18.6 Å². The molecule has 5 nitrogen and oxygen atoms in total. The molecule has 0 aromatic carbocycles. The summed E-state index contributed by atoms with van der Waals surface area (Å²) >= 11 is 1.62. The second-order valence-corrected chi connectivity index (χ2v) is 6.62. The number of hydrogen-bond donors (Lipinski definition) is 2. The van der Waals surface area contributed by atoms with Gasteiger partial charge >= 0.3 is 12.0 Å². The average Bonchev–Trinajstić information content (AvgIpc) is 2.76. The highest BCUT2D eigenvalue weighted by Crippen LogP contribution is 2.14. The predicted molar refractivity (Wildman–Crippen MR) is 80.1 cm³/mol. The van der Waals surface area contributed by atoms with Crippen LogP contribution in [0.25, 0.3) is 0 Å². The highest BCUT2D eigenvalue weighted by molar-refractivity contribution is 7.07. The van der Waals surface area contributed by atoms with Crippen LogP contribution in [0.2, 0.25) is 0 Å². The average molecular weight is 298 g/mol. The highest BCUT2D eigenvalue weighted by Gasteiger charge is 2.29. The summed E-state index contributed by atoms with van der Waals surface area (Å²) in [6.07, 6.45) is 0.736. The molecular weight excluding hydrogens is 276 g/mol. The van der Waals surface area contributed by atoms with Crippen LogP contribution in [0.1, 0.15) is 33.3 Å². The summed E-state index contributed by atoms with van der Waals surface area (Å²) in [6, 6.07) is 1.63. The van der Waals surface area contributed by atoms with E-state index in [4.69, 9.17) is 5.11 Å². The van der Waals surface area contributed by atoms with Gasteiger partial charge in [-0.15, -0.1) is 0 Å². The maximum Gasteiger partial charge on any atom is 0.323 e. The van der Waals surface area contributed by atoms with Crippen LogP contribution in [0.5, 0.6) is 0 Å². The fourth-order valence-corrected chi connectivity index (χ4v) is 2.53. The van der Waals surface area contributed by atoms with E-state index in [1.807, 2.05) is 44.5 Å². The minimum atomic E-state index is -1.01. The van der Waals surface area contributed by atoms with Crippen LogP contribution in [0.3, 0.4) is 0 Å². The molecule has 0 spiro atoms. The van der Waals surface area contributed by atoms with Crippen molar-refractivity contribution in [3.05, 3.63) is 22.4 Å². The van der Waals surface area contributed by atoms with E-state index in [9.17, 15) is 9.59 Å². The lowest BCUT2D eigenvalue weighted by Gasteiger charge is -2.35. The molecule has 1 unspecified atom stereocenters. The van der Waals surface area contributed by atoms with Crippen LogP contribution in [-0.2, 0) is 11.2 Å². The Morgan fingerprint density at radius 2 is 2.10 bits per heavy atom. The molecule has 0 aliphatic carbocycles. The third-order valence-corrected chi connectivity index (χ3v) is 3.57. The number of carbonyl (C=O) groups excluding carboxylic acids is 1. The largest absolute Gasteiger partial charge is 0.480 e. The molecule has 1 heterocycles. The number of nitrogens with zero attached hydrogens (tertiary/aromatic N) is 1. The second kappa shape index (κ2) is 6.74. The summed E-state index contributed by atoms with van der Waals surface area (Å²) < 4.78 is 0. The maximum absolute atomic E-state index is 12.2. The van der Waals surface area contributed by atoms with Crippen LogP contribution in [-0.4, -0.2) is 40.1 Å². The standard InChI is InChI=1S/C14H22N2O3S/c1-10(7-11-5-6-20-9-11)15-13(19)16(8-12(17)18)14(2,3)4/h5-6,9-10H,7-8H2,1-4H3,(H,15,19)(H,17,18). The van der Waals surface area contributed by atoms with Gasteiger partial charge in [-0.05, 0) is 56.5 Å². The molecule has 0 fully saturated rings. The van der Waals surface area contributed by atoms with Gasteiger partial charge in [0.05, 0.1) is 0 Å². The van der Waals surface area contributed by atoms with E-state index in [1.54, 1.807) is 11.3 Å². The number of urea groups is 1. The van der Waals surface area contributed by atoms with Crippen molar-refractivity contribution in [3.8, 4) is 0 Å². The molecule has 0 bridgehead atoms. The summed E-state index contributed by atoms with van der Waals surface area (Å²) in [5.74, 6) is -1.01. The van der Waals surface area contributed by atoms with Crippen LogP contribution in [0, 0.1) is 0 Å². The van der Waals surface area contributed by atoms with Gasteiger partial charge in [0.2, 0.25) is 0 Å². The smallest absolute Gasteiger partial charge is 0.323 e. The fourth-order valence-electron chi connectivity index (χ4n) is 1.85. The first kappa shape index (κ1) is 16.5. The molecule has 0 aliphatic heterocycles. The molecule has 6 heteroatoms. The topological polar surface area (TPSA) is 69.6 Å². The molecule has 20 heavy (non-hydrogen) atoms. The van der Waals surface area contributed by atoms with E-state index in [0.717, 1.165) is 6.42 Å². The van der Waals surface area contributed by atoms with Crippen molar-refractivity contribution in [1.82, 2.24) is 10.2 Å². The zero-order chi connectivity index (χ0) is 15.3. The van der Waals surface area contributed by atoms with Crippen molar-refractivity contribution in [2.75, 3.05) is 6.54 Å². The van der Waals surface area contributed by atoms with Gasteiger partial charge in [-0.2, -0.15) is 11.3 Å². The highest BCUT2D eigenvalue weighted by atomic mass is 32.1. The molecule has 112 valence electrons. The van der Waals surface area contributed by atoms with Crippen LogP contribution in [0.15, 0.2) is 16.8 Å². The van der Waals surface area contributed by atoms with Gasteiger partial charge in [-0.3, -0.25) is 4.79 Å². The van der Waals surface area contributed by atoms with E-state index in [2.05, 4.69) is 5.32 Å². The first-order valence-corrected chi connectivity index (χ1v) is 7.45. The van der Waals surface area contributed by atoms with Crippen molar-refractivity contribution in [3.63, 3.8) is 0 Å². The summed E-state index contributed by atoms with van der Waals surface area (Å²) in [6.45, 7) is 7.06. The van der Waals surface area contributed by atoms with Gasteiger partial charge in [0.1, 0.15) is 6.54 Å². The van der Waals surface area contributed by atoms with E-state index >= 15 is 0 Å². The van der Waals surface area contributed by atoms with Gasteiger partial charge in [-0.1, -0.05) is 0 Å². The Kier molecular flexibility index (Phi) is 5.56. The maximum atomic E-state index is 12.2. The van der Waals surface area contributed by atoms with Gasteiger partial charge < -0.3 is 15.3 Å². The monoisotopic (exact) mass is 298 g/mol. The second-order valence-electron chi connectivity index (χ2n) is 5.84. The summed E-state index contributed by atoms with van der Waals surface area (Å²) in [5, 5.41) is 15.8. The van der Waals surface area contributed by atoms with Crippen LogP contribution < -0.4 is 5.32 Å². The molecule has 1 aromatic heterocycles. The van der Waals surface area contributed by atoms with Gasteiger partial charge in [-0.25, -0.2) is 4.79 Å². The lowest BCUT2D eigenvalue weighted by Crippen LogP contribution is -2.54. The molecule has 0 aliphatic rings. The number of carboxylic acids is 1. The molecule has 1 aromatic rings. The SMILES string of the molecule is CC(Cc1ccsc1)NC(=O)N(CC(=O)O)C(C)(C)C. The predicted octanol–water partition coefficient (Wildman–Crippen LogP) is 2.57. The Bertz CT molecular complexity index is 451. The van der Waals surface area contributed by atoms with Crippen LogP contribution in [0.4, 0.5) is 4.79 Å². The molecule has 0 saturated heterocycles. The van der Waals surface area contributed by atoms with Gasteiger partial charge in [0, 0.05) is 11.6 Å². The third kappa shape index (κ3) is 5.21. The minimum Gasteiger partial charge on any atom is -0.480 e. The molecule has 2 N–H and O–H groups in total.